The van der Waals surface area contributed by atoms with Gasteiger partial charge in [-0.3, -0.25) is 0 Å². The predicted octanol–water partition coefficient (Wildman–Crippen LogP) is 4.43. The molecule has 0 saturated carbocycles. The van der Waals surface area contributed by atoms with Crippen LogP contribution in [0.2, 0.25) is 5.02 Å². The van der Waals surface area contributed by atoms with E-state index in [1.165, 1.54) is 0 Å². The lowest BCUT2D eigenvalue weighted by molar-refractivity contribution is 0.248. The summed E-state index contributed by atoms with van der Waals surface area (Å²) in [7, 11) is -3.45. The molecule has 1 fully saturated rings. The Hall–Kier alpha value is 0.380. The molecule has 1 heterocycles. The molecule has 20 heavy (non-hydrogen) atoms. The van der Waals surface area contributed by atoms with Gasteiger partial charge in [-0.05, 0) is 53.4 Å². The number of halogens is 3. The quantitative estimate of drug-likeness (QED) is 0.643. The highest BCUT2D eigenvalue weighted by Crippen LogP contribution is 2.31. The minimum absolute atomic E-state index is 0.0857. The molecule has 0 aromatic heterocycles. The average Bonchev–Trinajstić information content (AvgIpc) is 2.42. The average molecular weight is 446 g/mol. The molecule has 1 aliphatic heterocycles. The van der Waals surface area contributed by atoms with Crippen molar-refractivity contribution in [3.63, 3.8) is 0 Å². The number of hydrogen-bond acceptors (Lipinski definition) is 2. The Balaban J connectivity index is 2.34. The molecule has 1 aromatic carbocycles. The van der Waals surface area contributed by atoms with Crippen molar-refractivity contribution in [2.75, 3.05) is 11.9 Å². The Bertz CT molecular complexity index is 578. The van der Waals surface area contributed by atoms with Gasteiger partial charge in [0.2, 0.25) is 10.0 Å². The van der Waals surface area contributed by atoms with Crippen molar-refractivity contribution in [3.8, 4) is 0 Å². The lowest BCUT2D eigenvalue weighted by Crippen LogP contribution is -2.43. The Morgan fingerprint density at radius 2 is 2.10 bits per heavy atom. The van der Waals surface area contributed by atoms with Crippen LogP contribution in [0, 0.1) is 0 Å². The summed E-state index contributed by atoms with van der Waals surface area (Å²) in [6, 6.07) is 4.85. The van der Waals surface area contributed by atoms with Crippen LogP contribution in [0.3, 0.4) is 0 Å². The standard InChI is InChI=1S/C13H16Br2ClNO2S/c14-7-6-10-3-1-2-8-17(10)20(18,19)11-4-5-13(16)12(15)9-11/h4-5,9-10H,1-3,6-8H2. The zero-order chi connectivity index (χ0) is 14.8. The number of benzene rings is 1. The smallest absolute Gasteiger partial charge is 0.207 e. The molecule has 7 heteroatoms. The number of hydrogen-bond donors (Lipinski definition) is 0. The highest BCUT2D eigenvalue weighted by Gasteiger charge is 2.33. The van der Waals surface area contributed by atoms with E-state index >= 15 is 0 Å². The van der Waals surface area contributed by atoms with E-state index in [0.717, 1.165) is 31.0 Å². The number of sulfonamides is 1. The maximum Gasteiger partial charge on any atom is 0.243 e. The molecule has 3 nitrogen and oxygen atoms in total. The third-order valence-electron chi connectivity index (χ3n) is 3.51. The molecule has 0 aliphatic carbocycles. The minimum atomic E-state index is -3.45. The Morgan fingerprint density at radius 1 is 1.35 bits per heavy atom. The van der Waals surface area contributed by atoms with Crippen LogP contribution in [0.5, 0.6) is 0 Å². The summed E-state index contributed by atoms with van der Waals surface area (Å²) in [5.41, 5.74) is 0. The van der Waals surface area contributed by atoms with Crippen LogP contribution in [0.4, 0.5) is 0 Å². The molecule has 1 unspecified atom stereocenters. The zero-order valence-electron chi connectivity index (χ0n) is 10.9. The van der Waals surface area contributed by atoms with Crippen molar-refractivity contribution in [2.45, 2.75) is 36.6 Å². The van der Waals surface area contributed by atoms with Crippen molar-refractivity contribution < 1.29 is 8.42 Å². The van der Waals surface area contributed by atoms with Gasteiger partial charge in [0.25, 0.3) is 0 Å². The number of alkyl halides is 1. The highest BCUT2D eigenvalue weighted by molar-refractivity contribution is 9.10. The van der Waals surface area contributed by atoms with Gasteiger partial charge in [-0.15, -0.1) is 0 Å². The van der Waals surface area contributed by atoms with E-state index in [1.54, 1.807) is 22.5 Å². The molecule has 0 spiro atoms. The molecule has 0 N–H and O–H groups in total. The normalized spacial score (nSPS) is 21.1. The van der Waals surface area contributed by atoms with E-state index in [2.05, 4.69) is 31.9 Å². The second kappa shape index (κ2) is 7.09. The van der Waals surface area contributed by atoms with Gasteiger partial charge < -0.3 is 0 Å². The van der Waals surface area contributed by atoms with Crippen LogP contribution in [-0.2, 0) is 10.0 Å². The maximum absolute atomic E-state index is 12.8. The fourth-order valence-corrected chi connectivity index (χ4v) is 5.40. The first kappa shape index (κ1) is 16.7. The Kier molecular flexibility index (Phi) is 5.94. The van der Waals surface area contributed by atoms with Crippen LogP contribution in [0.15, 0.2) is 27.6 Å². The van der Waals surface area contributed by atoms with Gasteiger partial charge in [0.15, 0.2) is 0 Å². The Morgan fingerprint density at radius 3 is 2.75 bits per heavy atom. The number of piperidine rings is 1. The first-order valence-electron chi connectivity index (χ1n) is 6.49. The van der Waals surface area contributed by atoms with E-state index in [0.29, 0.717) is 20.9 Å². The SMILES string of the molecule is O=S(=O)(c1ccc(Cl)c(Br)c1)N1CCCCC1CCBr. The van der Waals surface area contributed by atoms with Gasteiger partial charge in [-0.1, -0.05) is 34.0 Å². The first-order valence-corrected chi connectivity index (χ1v) is 10.2. The topological polar surface area (TPSA) is 37.4 Å². The van der Waals surface area contributed by atoms with Crippen molar-refractivity contribution >= 4 is 53.5 Å². The van der Waals surface area contributed by atoms with Crippen molar-refractivity contribution in [1.29, 1.82) is 0 Å². The molecule has 1 aromatic rings. The summed E-state index contributed by atoms with van der Waals surface area (Å²) in [5, 5.41) is 1.33. The summed E-state index contributed by atoms with van der Waals surface area (Å²) in [4.78, 5) is 0.301. The van der Waals surface area contributed by atoms with E-state index in [9.17, 15) is 8.42 Å². The monoisotopic (exact) mass is 443 g/mol. The van der Waals surface area contributed by atoms with E-state index in [4.69, 9.17) is 11.6 Å². The van der Waals surface area contributed by atoms with Crippen LogP contribution in [-0.4, -0.2) is 30.6 Å². The molecular weight excluding hydrogens is 429 g/mol. The molecule has 0 bridgehead atoms. The first-order chi connectivity index (χ1) is 9.46. The van der Waals surface area contributed by atoms with Crippen molar-refractivity contribution in [3.05, 3.63) is 27.7 Å². The number of nitrogens with zero attached hydrogens (tertiary/aromatic N) is 1. The molecule has 1 saturated heterocycles. The fraction of sp³-hybridized carbons (Fsp3) is 0.538. The van der Waals surface area contributed by atoms with E-state index < -0.39 is 10.0 Å². The zero-order valence-corrected chi connectivity index (χ0v) is 15.6. The predicted molar refractivity (Wildman–Crippen MR) is 89.1 cm³/mol. The summed E-state index contributed by atoms with van der Waals surface area (Å²) < 4.78 is 27.8. The van der Waals surface area contributed by atoms with Crippen LogP contribution >= 0.6 is 43.5 Å². The molecule has 2 rings (SSSR count). The van der Waals surface area contributed by atoms with Crippen molar-refractivity contribution in [2.24, 2.45) is 0 Å². The lowest BCUT2D eigenvalue weighted by Gasteiger charge is -2.34. The fourth-order valence-electron chi connectivity index (χ4n) is 2.48. The largest absolute Gasteiger partial charge is 0.243 e. The van der Waals surface area contributed by atoms with E-state index in [1.807, 2.05) is 0 Å². The van der Waals surface area contributed by atoms with Gasteiger partial charge in [0.05, 0.1) is 9.92 Å². The summed E-state index contributed by atoms with van der Waals surface area (Å²) in [6.07, 6.45) is 3.79. The van der Waals surface area contributed by atoms with Crippen molar-refractivity contribution in [1.82, 2.24) is 4.31 Å². The molecule has 1 aliphatic rings. The highest BCUT2D eigenvalue weighted by atomic mass is 79.9. The summed E-state index contributed by atoms with van der Waals surface area (Å²) in [5.74, 6) is 0. The molecule has 0 amide bonds. The second-order valence-electron chi connectivity index (χ2n) is 4.82. The lowest BCUT2D eigenvalue weighted by atomic mass is 10.0. The van der Waals surface area contributed by atoms with Gasteiger partial charge in [0, 0.05) is 22.4 Å². The van der Waals surface area contributed by atoms with Crippen LogP contribution in [0.25, 0.3) is 0 Å². The maximum atomic E-state index is 12.8. The van der Waals surface area contributed by atoms with Crippen LogP contribution in [0.1, 0.15) is 25.7 Å². The number of rotatable bonds is 4. The summed E-state index contributed by atoms with van der Waals surface area (Å²) in [6.45, 7) is 0.597. The second-order valence-corrected chi connectivity index (χ2v) is 8.76. The van der Waals surface area contributed by atoms with Gasteiger partial charge in [-0.25, -0.2) is 8.42 Å². The third-order valence-corrected chi connectivity index (χ3v) is 7.13. The van der Waals surface area contributed by atoms with Gasteiger partial charge in [0.1, 0.15) is 0 Å². The minimum Gasteiger partial charge on any atom is -0.207 e. The van der Waals surface area contributed by atoms with Gasteiger partial charge in [-0.2, -0.15) is 4.31 Å². The Labute approximate surface area is 142 Å². The van der Waals surface area contributed by atoms with Crippen LogP contribution < -0.4 is 0 Å². The molecular formula is C13H16Br2ClNO2S. The molecule has 112 valence electrons. The van der Waals surface area contributed by atoms with Gasteiger partial charge >= 0.3 is 0 Å². The third kappa shape index (κ3) is 3.58. The summed E-state index contributed by atoms with van der Waals surface area (Å²) >= 11 is 12.6. The molecule has 1 atom stereocenters. The molecule has 0 radical (unpaired) electrons. The van der Waals surface area contributed by atoms with E-state index in [-0.39, 0.29) is 6.04 Å².